The van der Waals surface area contributed by atoms with Crippen molar-refractivity contribution in [3.8, 4) is 11.5 Å². The molecule has 26 heavy (non-hydrogen) atoms. The van der Waals surface area contributed by atoms with E-state index in [1.807, 2.05) is 4.90 Å². The Kier molecular flexibility index (Phi) is 3.87. The molecule has 0 saturated heterocycles. The molecule has 4 rings (SSSR count). The minimum absolute atomic E-state index is 0.314. The molecule has 0 unspecified atom stereocenters. The molecule has 8 nitrogen and oxygen atoms in total. The maximum absolute atomic E-state index is 13.0. The van der Waals surface area contributed by atoms with E-state index in [4.69, 9.17) is 13.9 Å². The van der Waals surface area contributed by atoms with Crippen molar-refractivity contribution in [2.45, 2.75) is 6.92 Å². The quantitative estimate of drug-likeness (QED) is 0.912. The van der Waals surface area contributed by atoms with Gasteiger partial charge in [0.2, 0.25) is 5.88 Å². The normalized spacial score (nSPS) is 14.6. The van der Waals surface area contributed by atoms with Crippen LogP contribution in [0.3, 0.4) is 0 Å². The Balaban J connectivity index is 1.73. The number of fused-ring (bicyclic) bond motifs is 3. The van der Waals surface area contributed by atoms with Gasteiger partial charge in [0.25, 0.3) is 5.91 Å². The van der Waals surface area contributed by atoms with Gasteiger partial charge in [-0.05, 0) is 19.1 Å². The highest BCUT2D eigenvalue weighted by molar-refractivity contribution is 6.19. The Morgan fingerprint density at radius 3 is 2.92 bits per heavy atom. The van der Waals surface area contributed by atoms with Crippen LogP contribution in [0.2, 0.25) is 0 Å². The van der Waals surface area contributed by atoms with E-state index in [1.165, 1.54) is 0 Å². The Labute approximate surface area is 150 Å². The molecule has 1 aromatic heterocycles. The van der Waals surface area contributed by atoms with E-state index >= 15 is 0 Å². The van der Waals surface area contributed by atoms with Crippen LogP contribution < -0.4 is 14.8 Å². The molecule has 1 N–H and O–H groups in total. The predicted octanol–water partition coefficient (Wildman–Crippen LogP) is 2.59. The number of hydrogen-bond donors (Lipinski definition) is 1. The highest BCUT2D eigenvalue weighted by Crippen LogP contribution is 2.36. The Morgan fingerprint density at radius 1 is 1.31 bits per heavy atom. The van der Waals surface area contributed by atoms with Crippen LogP contribution in [0, 0.1) is 6.92 Å². The SMILES string of the molecule is COc1ccc(OC)c(NC(=O)c2c(C)oc3c2C2=NCCN2C=N3)c1. The zero-order chi connectivity index (χ0) is 18.3. The molecule has 1 amide bonds. The molecule has 0 atom stereocenters. The number of anilines is 1. The number of amides is 1. The first kappa shape index (κ1) is 16.2. The lowest BCUT2D eigenvalue weighted by Gasteiger charge is -2.18. The van der Waals surface area contributed by atoms with Gasteiger partial charge in [0.15, 0.2) is 0 Å². The van der Waals surface area contributed by atoms with Crippen molar-refractivity contribution < 1.29 is 18.7 Å². The first-order valence-corrected chi connectivity index (χ1v) is 8.14. The number of nitrogens with zero attached hydrogens (tertiary/aromatic N) is 3. The maximum atomic E-state index is 13.0. The molecule has 2 aliphatic heterocycles. The summed E-state index contributed by atoms with van der Waals surface area (Å²) in [5.41, 5.74) is 1.56. The third kappa shape index (κ3) is 2.50. The van der Waals surface area contributed by atoms with Crippen molar-refractivity contribution >= 4 is 29.7 Å². The number of hydrogen-bond acceptors (Lipinski definition) is 7. The fourth-order valence-electron chi connectivity index (χ4n) is 3.12. The van der Waals surface area contributed by atoms with Gasteiger partial charge < -0.3 is 24.1 Å². The van der Waals surface area contributed by atoms with Gasteiger partial charge in [-0.3, -0.25) is 9.79 Å². The third-order valence-corrected chi connectivity index (χ3v) is 4.36. The van der Waals surface area contributed by atoms with Crippen LogP contribution in [0.15, 0.2) is 32.6 Å². The molecule has 0 fully saturated rings. The Morgan fingerprint density at radius 2 is 2.15 bits per heavy atom. The van der Waals surface area contributed by atoms with Gasteiger partial charge in [-0.15, -0.1) is 0 Å². The second-order valence-electron chi connectivity index (χ2n) is 5.88. The molecule has 8 heteroatoms. The summed E-state index contributed by atoms with van der Waals surface area (Å²) in [6.45, 7) is 3.15. The molecule has 0 bridgehead atoms. The monoisotopic (exact) mass is 354 g/mol. The standard InChI is InChI=1S/C18H18N4O4/c1-10-14(15-16-19-6-7-22(16)9-20-18(15)26-10)17(23)21-12-8-11(24-2)4-5-13(12)25-3/h4-5,8-9H,6-7H2,1-3H3,(H,21,23). The highest BCUT2D eigenvalue weighted by atomic mass is 16.5. The lowest BCUT2D eigenvalue weighted by Crippen LogP contribution is -2.30. The number of carbonyl (C=O) groups is 1. The van der Waals surface area contributed by atoms with Gasteiger partial charge in [0.1, 0.15) is 29.4 Å². The first-order valence-electron chi connectivity index (χ1n) is 8.14. The van der Waals surface area contributed by atoms with E-state index in [0.717, 1.165) is 12.4 Å². The van der Waals surface area contributed by atoms with Gasteiger partial charge >= 0.3 is 0 Å². The lowest BCUT2D eigenvalue weighted by molar-refractivity contribution is 0.102. The summed E-state index contributed by atoms with van der Waals surface area (Å²) >= 11 is 0. The molecule has 3 heterocycles. The maximum Gasteiger partial charge on any atom is 0.260 e. The molecule has 1 aromatic carbocycles. The second kappa shape index (κ2) is 6.21. The average Bonchev–Trinajstić information content (AvgIpc) is 3.24. The van der Waals surface area contributed by atoms with E-state index < -0.39 is 0 Å². The summed E-state index contributed by atoms with van der Waals surface area (Å²) in [7, 11) is 3.11. The van der Waals surface area contributed by atoms with Gasteiger partial charge in [0.05, 0.1) is 37.6 Å². The topological polar surface area (TPSA) is 88.7 Å². The average molecular weight is 354 g/mol. The number of carbonyl (C=O) groups excluding carboxylic acids is 1. The van der Waals surface area contributed by atoms with Gasteiger partial charge in [-0.2, -0.15) is 0 Å². The number of aryl methyl sites for hydroxylation is 1. The van der Waals surface area contributed by atoms with Crippen LogP contribution in [-0.2, 0) is 0 Å². The first-order chi connectivity index (χ1) is 12.6. The van der Waals surface area contributed by atoms with Crippen molar-refractivity contribution in [1.82, 2.24) is 4.90 Å². The van der Waals surface area contributed by atoms with Crippen molar-refractivity contribution in [2.75, 3.05) is 32.6 Å². The fraction of sp³-hybridized carbons (Fsp3) is 0.278. The molecule has 0 aliphatic carbocycles. The number of benzene rings is 1. The van der Waals surface area contributed by atoms with Crippen molar-refractivity contribution in [2.24, 2.45) is 9.98 Å². The molecule has 0 spiro atoms. The number of amidine groups is 1. The number of rotatable bonds is 4. The smallest absolute Gasteiger partial charge is 0.260 e. The van der Waals surface area contributed by atoms with Gasteiger partial charge in [-0.25, -0.2) is 4.99 Å². The molecule has 134 valence electrons. The minimum Gasteiger partial charge on any atom is -0.497 e. The fourth-order valence-corrected chi connectivity index (χ4v) is 3.12. The molecular weight excluding hydrogens is 336 g/mol. The summed E-state index contributed by atoms with van der Waals surface area (Å²) in [6, 6.07) is 5.20. The molecule has 2 aliphatic rings. The zero-order valence-corrected chi connectivity index (χ0v) is 14.7. The third-order valence-electron chi connectivity index (χ3n) is 4.36. The van der Waals surface area contributed by atoms with Crippen molar-refractivity contribution in [3.05, 3.63) is 35.1 Å². The van der Waals surface area contributed by atoms with Crippen LogP contribution in [0.4, 0.5) is 11.6 Å². The molecule has 0 saturated carbocycles. The van der Waals surface area contributed by atoms with Gasteiger partial charge in [0, 0.05) is 12.6 Å². The number of furan rings is 1. The number of nitrogens with one attached hydrogen (secondary N) is 1. The molecule has 2 aromatic rings. The lowest BCUT2D eigenvalue weighted by atomic mass is 10.1. The predicted molar refractivity (Wildman–Crippen MR) is 97.2 cm³/mol. The Bertz CT molecular complexity index is 945. The van der Waals surface area contributed by atoms with E-state index in [0.29, 0.717) is 46.5 Å². The van der Waals surface area contributed by atoms with Crippen LogP contribution in [0.5, 0.6) is 11.5 Å². The number of methoxy groups -OCH3 is 2. The highest BCUT2D eigenvalue weighted by Gasteiger charge is 2.33. The summed E-state index contributed by atoms with van der Waals surface area (Å²) in [6.07, 6.45) is 1.68. The van der Waals surface area contributed by atoms with E-state index in [1.54, 1.807) is 45.7 Å². The second-order valence-corrected chi connectivity index (χ2v) is 5.88. The zero-order valence-electron chi connectivity index (χ0n) is 14.7. The number of ether oxygens (including phenoxy) is 2. The largest absolute Gasteiger partial charge is 0.497 e. The summed E-state index contributed by atoms with van der Waals surface area (Å²) in [4.78, 5) is 23.7. The van der Waals surface area contributed by atoms with Gasteiger partial charge in [-0.1, -0.05) is 0 Å². The van der Waals surface area contributed by atoms with Crippen LogP contribution in [0.1, 0.15) is 21.7 Å². The Hall–Kier alpha value is -3.29. The minimum atomic E-state index is -0.314. The van der Waals surface area contributed by atoms with E-state index in [-0.39, 0.29) is 5.91 Å². The van der Waals surface area contributed by atoms with Crippen LogP contribution in [0.25, 0.3) is 0 Å². The summed E-state index contributed by atoms with van der Waals surface area (Å²) in [5.74, 6) is 2.44. The van der Waals surface area contributed by atoms with E-state index in [2.05, 4.69) is 15.3 Å². The molecular formula is C18H18N4O4. The molecule has 0 radical (unpaired) electrons. The summed E-state index contributed by atoms with van der Waals surface area (Å²) < 4.78 is 16.2. The van der Waals surface area contributed by atoms with Crippen molar-refractivity contribution in [3.63, 3.8) is 0 Å². The van der Waals surface area contributed by atoms with Crippen molar-refractivity contribution in [1.29, 1.82) is 0 Å². The summed E-state index contributed by atoms with van der Waals surface area (Å²) in [5, 5.41) is 2.88. The van der Waals surface area contributed by atoms with Crippen LogP contribution in [-0.4, -0.2) is 50.3 Å². The van der Waals surface area contributed by atoms with Crippen LogP contribution >= 0.6 is 0 Å². The van der Waals surface area contributed by atoms with E-state index in [9.17, 15) is 4.79 Å². The number of aliphatic imine (C=N–C) groups is 2.